The van der Waals surface area contributed by atoms with Crippen LogP contribution in [0.2, 0.25) is 0 Å². The van der Waals surface area contributed by atoms with Gasteiger partial charge in [-0.1, -0.05) is 241 Å². The van der Waals surface area contributed by atoms with Crippen molar-refractivity contribution < 1.29 is 0 Å². The maximum atomic E-state index is 5.99. The van der Waals surface area contributed by atoms with Crippen LogP contribution >= 0.6 is 0 Å². The van der Waals surface area contributed by atoms with Gasteiger partial charge in [-0.05, 0) is 107 Å². The molecule has 1 N–H and O–H groups in total. The van der Waals surface area contributed by atoms with Gasteiger partial charge >= 0.3 is 0 Å². The third-order valence-corrected chi connectivity index (χ3v) is 13.9. The molecule has 9 rings (SSSR count). The summed E-state index contributed by atoms with van der Waals surface area (Å²) in [5, 5.41) is 0. The van der Waals surface area contributed by atoms with Gasteiger partial charge in [0.05, 0.1) is 22.8 Å². The van der Waals surface area contributed by atoms with Crippen LogP contribution in [-0.4, -0.2) is 10.7 Å². The summed E-state index contributed by atoms with van der Waals surface area (Å²) in [6, 6.07) is 70.4. The maximum absolute atomic E-state index is 5.99. The van der Waals surface area contributed by atoms with Crippen molar-refractivity contribution in [2.24, 2.45) is 4.99 Å². The first-order valence-electron chi connectivity index (χ1n) is 26.0. The van der Waals surface area contributed by atoms with Crippen molar-refractivity contribution in [2.45, 2.75) is 105 Å². The van der Waals surface area contributed by atoms with Crippen LogP contribution in [0, 0.1) is 0 Å². The van der Waals surface area contributed by atoms with Gasteiger partial charge in [0.1, 0.15) is 0 Å². The number of benzene rings is 7. The van der Waals surface area contributed by atoms with E-state index in [1.807, 2.05) is 0 Å². The zero-order valence-electron chi connectivity index (χ0n) is 41.3. The van der Waals surface area contributed by atoms with Crippen LogP contribution in [0.1, 0.15) is 129 Å². The summed E-state index contributed by atoms with van der Waals surface area (Å²) in [4.78, 5) is 10.2. The number of H-pyrrole nitrogens is 1. The minimum Gasteiger partial charge on any atom is -0.353 e. The van der Waals surface area contributed by atoms with Gasteiger partial charge < -0.3 is 4.98 Å². The van der Waals surface area contributed by atoms with Crippen molar-refractivity contribution in [2.75, 3.05) is 0 Å². The Hall–Kier alpha value is -7.03. The number of nitrogens with one attached hydrogen (secondary N) is 1. The van der Waals surface area contributed by atoms with Crippen molar-refractivity contribution in [1.29, 1.82) is 0 Å². The average Bonchev–Trinajstić information content (AvgIpc) is 4.00. The summed E-state index contributed by atoms with van der Waals surface area (Å²) in [5.41, 5.74) is 23.4. The van der Waals surface area contributed by atoms with Crippen molar-refractivity contribution in [3.8, 4) is 33.5 Å². The van der Waals surface area contributed by atoms with Gasteiger partial charge in [0, 0.05) is 33.4 Å². The highest BCUT2D eigenvalue weighted by Gasteiger charge is 2.33. The van der Waals surface area contributed by atoms with E-state index >= 15 is 0 Å². The lowest BCUT2D eigenvalue weighted by Gasteiger charge is -2.17. The fourth-order valence-electron chi connectivity index (χ4n) is 9.97. The minimum absolute atomic E-state index is 0.962. The van der Waals surface area contributed by atoms with Crippen molar-refractivity contribution in [1.82, 2.24) is 4.98 Å². The van der Waals surface area contributed by atoms with E-state index in [9.17, 15) is 0 Å². The van der Waals surface area contributed by atoms with E-state index in [1.54, 1.807) is 0 Å². The summed E-state index contributed by atoms with van der Waals surface area (Å²) < 4.78 is 0. The van der Waals surface area contributed by atoms with Gasteiger partial charge in [-0.15, -0.1) is 0 Å². The van der Waals surface area contributed by atoms with Gasteiger partial charge in [0.2, 0.25) is 0 Å². The highest BCUT2D eigenvalue weighted by molar-refractivity contribution is 6.42. The van der Waals surface area contributed by atoms with E-state index < -0.39 is 0 Å². The van der Waals surface area contributed by atoms with Crippen LogP contribution in [-0.2, 0) is 25.7 Å². The van der Waals surface area contributed by atoms with E-state index in [4.69, 9.17) is 4.99 Å². The molecule has 69 heavy (non-hydrogen) atoms. The van der Waals surface area contributed by atoms with Crippen LogP contribution in [0.25, 0.3) is 50.2 Å². The zero-order chi connectivity index (χ0) is 47.4. The third-order valence-electron chi connectivity index (χ3n) is 13.9. The molecule has 2 heteroatoms. The number of rotatable bonds is 20. The molecule has 0 amide bonds. The number of aromatic amines is 1. The molecular formula is C67H68N2. The largest absolute Gasteiger partial charge is 0.353 e. The Bertz CT molecular complexity index is 3000. The van der Waals surface area contributed by atoms with E-state index in [0.717, 1.165) is 87.5 Å². The number of hydrogen-bond acceptors (Lipinski definition) is 1. The average molecular weight is 901 g/mol. The molecule has 1 aromatic heterocycles. The minimum atomic E-state index is 0.962. The van der Waals surface area contributed by atoms with Gasteiger partial charge in [-0.3, -0.25) is 0 Å². The molecule has 0 radical (unpaired) electrons. The Labute approximate surface area is 412 Å². The Kier molecular flexibility index (Phi) is 15.6. The van der Waals surface area contributed by atoms with Crippen LogP contribution in [0.15, 0.2) is 199 Å². The maximum Gasteiger partial charge on any atom is 0.0822 e. The molecule has 0 unspecified atom stereocenters. The molecule has 0 spiro atoms. The number of aliphatic imine (C=N–C) groups is 1. The summed E-state index contributed by atoms with van der Waals surface area (Å²) in [6.45, 7) is 9.08. The quantitative estimate of drug-likeness (QED) is 0.0789. The Morgan fingerprint density at radius 2 is 0.739 bits per heavy atom. The lowest BCUT2D eigenvalue weighted by molar-refractivity contribution is 0.795. The molecule has 1 aliphatic heterocycles. The summed E-state index contributed by atoms with van der Waals surface area (Å²) in [7, 11) is 0. The number of hydrogen-bond donors (Lipinski definition) is 1. The molecule has 0 saturated carbocycles. The first kappa shape index (κ1) is 47.1. The highest BCUT2D eigenvalue weighted by Crippen LogP contribution is 2.51. The highest BCUT2D eigenvalue weighted by atomic mass is 14.8. The van der Waals surface area contributed by atoms with Gasteiger partial charge in [-0.2, -0.15) is 0 Å². The van der Waals surface area contributed by atoms with E-state index in [1.165, 1.54) is 101 Å². The standard InChI is InChI=1S/C67H68N2/c1-5-9-22-48-32-40-55(41-33-48)59-61(52-26-16-13-17-27-52)66(68-64(59)57-44-36-50(37-45-57)24-11-7-3)63(54-30-20-15-21-31-54)67-62(53-28-18-14-19-29-53)60(56-42-34-49(35-43-56)23-10-6-2)65(69-67)58-46-38-51(39-47-58)25-12-8-4/h13-21,26-47,68H,5-12,22-25H2,1-4H3. The predicted octanol–water partition coefficient (Wildman–Crippen LogP) is 18.3. The third kappa shape index (κ3) is 10.7. The molecule has 2 heterocycles. The summed E-state index contributed by atoms with van der Waals surface area (Å²) in [5.74, 6) is 0. The van der Waals surface area contributed by atoms with Crippen molar-refractivity contribution in [3.05, 3.63) is 244 Å². The zero-order valence-corrected chi connectivity index (χ0v) is 41.3. The molecule has 0 aliphatic carbocycles. The monoisotopic (exact) mass is 901 g/mol. The number of aromatic nitrogens is 1. The van der Waals surface area contributed by atoms with E-state index in [2.05, 4.69) is 221 Å². The fourth-order valence-corrected chi connectivity index (χ4v) is 9.97. The Morgan fingerprint density at radius 1 is 0.362 bits per heavy atom. The van der Waals surface area contributed by atoms with Crippen LogP contribution in [0.3, 0.4) is 0 Å². The Balaban J connectivity index is 1.40. The first-order valence-corrected chi connectivity index (χ1v) is 26.0. The SMILES string of the molecule is CCCCc1ccc(C2=NC(=C(c3ccccc3)c3[nH]c(-c4ccc(CCCC)cc4)c(-c4ccc(CCCC)cc4)c3-c3ccccc3)C(c3ccccc3)=C2c2ccc(CCCC)cc2)cc1. The predicted molar refractivity (Wildman–Crippen MR) is 297 cm³/mol. The molecule has 0 fully saturated rings. The molecule has 0 saturated heterocycles. The van der Waals surface area contributed by atoms with Crippen LogP contribution in [0.4, 0.5) is 0 Å². The molecule has 0 bridgehead atoms. The van der Waals surface area contributed by atoms with Crippen molar-refractivity contribution in [3.63, 3.8) is 0 Å². The number of aryl methyl sites for hydroxylation is 4. The summed E-state index contributed by atoms with van der Waals surface area (Å²) in [6.07, 6.45) is 13.7. The van der Waals surface area contributed by atoms with E-state index in [-0.39, 0.29) is 0 Å². The lowest BCUT2D eigenvalue weighted by Crippen LogP contribution is -2.03. The second-order valence-electron chi connectivity index (χ2n) is 18.9. The van der Waals surface area contributed by atoms with Crippen LogP contribution in [0.5, 0.6) is 0 Å². The fraction of sp³-hybridized carbons (Fsp3) is 0.239. The molecule has 1 aliphatic rings. The molecule has 8 aromatic rings. The molecule has 0 atom stereocenters. The second kappa shape index (κ2) is 22.8. The molecule has 7 aromatic carbocycles. The molecule has 346 valence electrons. The summed E-state index contributed by atoms with van der Waals surface area (Å²) >= 11 is 0. The van der Waals surface area contributed by atoms with Gasteiger partial charge in [0.25, 0.3) is 0 Å². The lowest BCUT2D eigenvalue weighted by atomic mass is 9.85. The smallest absolute Gasteiger partial charge is 0.0822 e. The van der Waals surface area contributed by atoms with Gasteiger partial charge in [-0.25, -0.2) is 4.99 Å². The van der Waals surface area contributed by atoms with Gasteiger partial charge in [0.15, 0.2) is 0 Å². The van der Waals surface area contributed by atoms with Crippen LogP contribution < -0.4 is 0 Å². The van der Waals surface area contributed by atoms with Crippen molar-refractivity contribution >= 4 is 22.4 Å². The molecular weight excluding hydrogens is 833 g/mol. The molecule has 2 nitrogen and oxygen atoms in total. The normalized spacial score (nSPS) is 13.2. The number of unbranched alkanes of at least 4 members (excludes halogenated alkanes) is 4. The Morgan fingerprint density at radius 3 is 1.20 bits per heavy atom. The number of allylic oxidation sites excluding steroid dienone is 2. The van der Waals surface area contributed by atoms with E-state index in [0.29, 0.717) is 0 Å². The topological polar surface area (TPSA) is 28.1 Å². The first-order chi connectivity index (χ1) is 34.1. The second-order valence-corrected chi connectivity index (χ2v) is 18.9. The number of nitrogens with zero attached hydrogens (tertiary/aromatic N) is 1.